The largest absolute Gasteiger partial charge is 0.454 e. The number of fused-ring (bicyclic) bond motifs is 13. The van der Waals surface area contributed by atoms with Crippen LogP contribution >= 0.6 is 0 Å². The molecule has 0 atom stereocenters. The standard InChI is InChI=1S/C81H64N2O2/c1-51-25-9-19-45-69(51)82(71-47-23-43-65-63-41-21-39-57(53-27-11-12-28-53)77(63)84-79(65)71)73-49-67-75(61-37-17-15-35-59(61)73)76-62-38-18-16-36-60(62)74(50-68(76)81(67,55-31-5-3-6-32-55)56-33-7-4-8-34-56)83(70-46-20-10-26-52(70)2)72-48-24-44-66-64-42-22-40-58(54-29-13-14-30-54)78(64)85-80(66)72/h3-10,15-26,31-50,53-54H,11-14,27-30H2,1-2H3. The van der Waals surface area contributed by atoms with E-state index < -0.39 is 5.41 Å². The fraction of sp³-hybridized carbons (Fsp3) is 0.160. The van der Waals surface area contributed by atoms with Gasteiger partial charge in [-0.25, -0.2) is 0 Å². The number of hydrogen-bond donors (Lipinski definition) is 0. The smallest absolute Gasteiger partial charge is 0.159 e. The van der Waals surface area contributed by atoms with Crippen molar-refractivity contribution in [2.45, 2.75) is 82.5 Å². The Kier molecular flexibility index (Phi) is 11.6. The van der Waals surface area contributed by atoms with Gasteiger partial charge >= 0.3 is 0 Å². The van der Waals surface area contributed by atoms with E-state index in [1.54, 1.807) is 0 Å². The van der Waals surface area contributed by atoms with Crippen molar-refractivity contribution in [1.82, 2.24) is 0 Å². The predicted molar refractivity (Wildman–Crippen MR) is 355 cm³/mol. The van der Waals surface area contributed by atoms with Crippen LogP contribution in [0.3, 0.4) is 0 Å². The Labute approximate surface area is 496 Å². The Bertz CT molecular complexity index is 4640. The van der Waals surface area contributed by atoms with Gasteiger partial charge < -0.3 is 18.6 Å². The van der Waals surface area contributed by atoms with Gasteiger partial charge in [-0.1, -0.05) is 232 Å². The van der Waals surface area contributed by atoms with E-state index in [2.05, 4.69) is 266 Å². The zero-order valence-electron chi connectivity index (χ0n) is 48.1. The van der Waals surface area contributed by atoms with Gasteiger partial charge in [0, 0.05) is 43.7 Å². The highest BCUT2D eigenvalue weighted by Gasteiger charge is 2.49. The third-order valence-corrected chi connectivity index (χ3v) is 19.9. The molecular formula is C81H64N2O2. The minimum atomic E-state index is -0.817. The molecule has 3 aliphatic carbocycles. The van der Waals surface area contributed by atoms with Crippen LogP contribution in [0.4, 0.5) is 34.1 Å². The molecule has 0 N–H and O–H groups in total. The van der Waals surface area contributed by atoms with Crippen LogP contribution in [0.2, 0.25) is 0 Å². The van der Waals surface area contributed by atoms with Crippen molar-refractivity contribution >= 4 is 99.5 Å². The number of furan rings is 2. The monoisotopic (exact) mass is 1100 g/mol. The topological polar surface area (TPSA) is 32.8 Å². The first-order valence-corrected chi connectivity index (χ1v) is 30.9. The Morgan fingerprint density at radius 1 is 0.306 bits per heavy atom. The van der Waals surface area contributed by atoms with Crippen molar-refractivity contribution < 1.29 is 8.83 Å². The zero-order chi connectivity index (χ0) is 56.3. The molecule has 17 rings (SSSR count). The molecule has 14 aromatic rings. The van der Waals surface area contributed by atoms with Gasteiger partial charge in [-0.2, -0.15) is 0 Å². The maximum atomic E-state index is 7.41. The van der Waals surface area contributed by atoms with Gasteiger partial charge in [-0.3, -0.25) is 0 Å². The lowest BCUT2D eigenvalue weighted by molar-refractivity contribution is 0.643. The van der Waals surface area contributed by atoms with E-state index in [0.717, 1.165) is 78.0 Å². The minimum absolute atomic E-state index is 0.500. The lowest BCUT2D eigenvalue weighted by Crippen LogP contribution is -2.29. The van der Waals surface area contributed by atoms with E-state index in [1.807, 2.05) is 0 Å². The van der Waals surface area contributed by atoms with E-state index >= 15 is 0 Å². The van der Waals surface area contributed by atoms with Crippen LogP contribution in [0.15, 0.2) is 251 Å². The molecule has 3 aliphatic rings. The molecule has 0 unspecified atom stereocenters. The average Bonchev–Trinajstić information content (AvgIpc) is 1.60. The molecule has 85 heavy (non-hydrogen) atoms. The van der Waals surface area contributed by atoms with E-state index in [0.29, 0.717) is 11.8 Å². The summed E-state index contributed by atoms with van der Waals surface area (Å²) in [5, 5.41) is 9.35. The molecular weight excluding hydrogens is 1030 g/mol. The summed E-state index contributed by atoms with van der Waals surface area (Å²) < 4.78 is 14.8. The van der Waals surface area contributed by atoms with Crippen molar-refractivity contribution in [2.24, 2.45) is 0 Å². The number of hydrogen-bond acceptors (Lipinski definition) is 4. The molecule has 2 heterocycles. The lowest BCUT2D eigenvalue weighted by Gasteiger charge is -2.36. The number of rotatable bonds is 10. The third kappa shape index (κ3) is 7.47. The Morgan fingerprint density at radius 2 is 0.635 bits per heavy atom. The van der Waals surface area contributed by atoms with Crippen LogP contribution in [0.1, 0.15) is 108 Å². The van der Waals surface area contributed by atoms with Crippen molar-refractivity contribution in [3.8, 4) is 11.1 Å². The molecule has 0 bridgehead atoms. The van der Waals surface area contributed by atoms with Gasteiger partial charge in [0.1, 0.15) is 11.2 Å². The average molecular weight is 1100 g/mol. The summed E-state index contributed by atoms with van der Waals surface area (Å²) in [6.45, 7) is 4.49. The van der Waals surface area contributed by atoms with Gasteiger partial charge in [0.2, 0.25) is 0 Å². The van der Waals surface area contributed by atoms with Gasteiger partial charge in [0.15, 0.2) is 11.2 Å². The van der Waals surface area contributed by atoms with Gasteiger partial charge in [0.05, 0.1) is 28.2 Å². The molecule has 0 aliphatic heterocycles. The second-order valence-corrected chi connectivity index (χ2v) is 24.4. The molecule has 410 valence electrons. The molecule has 0 saturated heterocycles. The van der Waals surface area contributed by atoms with Crippen LogP contribution in [0.5, 0.6) is 0 Å². The SMILES string of the molecule is Cc1ccccc1N(c1cc2c(c3ccccc13)-c1c(cc(N(c3ccccc3C)c3cccc4c3oc3c(C5CCCC5)cccc34)c3ccccc13)C2(c1ccccc1)c1ccccc1)c1cccc2c1oc1c(C3CCCC3)cccc12. The van der Waals surface area contributed by atoms with Crippen molar-refractivity contribution in [1.29, 1.82) is 0 Å². The molecule has 12 aromatic carbocycles. The van der Waals surface area contributed by atoms with Crippen LogP contribution in [-0.4, -0.2) is 0 Å². The first-order valence-electron chi connectivity index (χ1n) is 30.9. The Hall–Kier alpha value is -9.64. The highest BCUT2D eigenvalue weighted by molar-refractivity contribution is 6.20. The summed E-state index contributed by atoms with van der Waals surface area (Å²) in [7, 11) is 0. The Morgan fingerprint density at radius 3 is 1.05 bits per heavy atom. The number of benzene rings is 12. The first-order chi connectivity index (χ1) is 42.0. The highest BCUT2D eigenvalue weighted by atomic mass is 16.3. The Balaban J connectivity index is 0.991. The van der Waals surface area contributed by atoms with Crippen molar-refractivity contribution in [3.63, 3.8) is 0 Å². The molecule has 4 heteroatoms. The molecule has 2 fully saturated rings. The van der Waals surface area contributed by atoms with Crippen LogP contribution in [-0.2, 0) is 5.41 Å². The second kappa shape index (κ2) is 19.7. The van der Waals surface area contributed by atoms with E-state index in [-0.39, 0.29) is 0 Å². The second-order valence-electron chi connectivity index (χ2n) is 24.4. The van der Waals surface area contributed by atoms with Crippen LogP contribution in [0, 0.1) is 13.8 Å². The predicted octanol–water partition coefficient (Wildman–Crippen LogP) is 23.0. The molecule has 4 nitrogen and oxygen atoms in total. The maximum absolute atomic E-state index is 7.41. The maximum Gasteiger partial charge on any atom is 0.159 e. The molecule has 0 amide bonds. The quantitative estimate of drug-likeness (QED) is 0.137. The number of para-hydroxylation sites is 6. The number of nitrogens with zero attached hydrogens (tertiary/aromatic N) is 2. The summed E-state index contributed by atoms with van der Waals surface area (Å²) in [5.74, 6) is 1.00. The van der Waals surface area contributed by atoms with Crippen LogP contribution in [0.25, 0.3) is 76.5 Å². The number of aryl methyl sites for hydroxylation is 2. The van der Waals surface area contributed by atoms with E-state index in [4.69, 9.17) is 8.83 Å². The number of anilines is 6. The molecule has 0 radical (unpaired) electrons. The van der Waals surface area contributed by atoms with Gasteiger partial charge in [-0.15, -0.1) is 0 Å². The molecule has 0 spiro atoms. The normalized spacial score (nSPS) is 15.0. The highest BCUT2D eigenvalue weighted by Crippen LogP contribution is 2.63. The lowest BCUT2D eigenvalue weighted by atomic mass is 9.67. The van der Waals surface area contributed by atoms with E-state index in [9.17, 15) is 0 Å². The first kappa shape index (κ1) is 49.9. The summed E-state index contributed by atoms with van der Waals surface area (Å²) in [6.07, 6.45) is 9.85. The fourth-order valence-electron chi connectivity index (χ4n) is 16.1. The summed E-state index contributed by atoms with van der Waals surface area (Å²) in [4.78, 5) is 5.05. The molecule has 2 aromatic heterocycles. The van der Waals surface area contributed by atoms with Gasteiger partial charge in [0.25, 0.3) is 0 Å². The van der Waals surface area contributed by atoms with E-state index in [1.165, 1.54) is 129 Å². The fourth-order valence-corrected chi connectivity index (χ4v) is 16.1. The van der Waals surface area contributed by atoms with Crippen molar-refractivity contribution in [2.75, 3.05) is 9.80 Å². The summed E-state index contributed by atoms with van der Waals surface area (Å²) in [5.41, 5.74) is 21.9. The van der Waals surface area contributed by atoms with Crippen molar-refractivity contribution in [3.05, 3.63) is 287 Å². The zero-order valence-corrected chi connectivity index (χ0v) is 48.1. The van der Waals surface area contributed by atoms with Crippen LogP contribution < -0.4 is 9.80 Å². The minimum Gasteiger partial charge on any atom is -0.454 e. The summed E-state index contributed by atoms with van der Waals surface area (Å²) >= 11 is 0. The molecule has 2 saturated carbocycles. The summed E-state index contributed by atoms with van der Waals surface area (Å²) in [6, 6.07) is 91.2. The van der Waals surface area contributed by atoms with Gasteiger partial charge in [-0.05, 0) is 154 Å². The third-order valence-electron chi connectivity index (χ3n) is 19.9.